The van der Waals surface area contributed by atoms with Crippen LogP contribution < -0.4 is 0 Å². The lowest BCUT2D eigenvalue weighted by Gasteiger charge is -2.00. The van der Waals surface area contributed by atoms with Crippen molar-refractivity contribution in [3.8, 4) is 0 Å². The molecule has 12 heavy (non-hydrogen) atoms. The fourth-order valence-corrected chi connectivity index (χ4v) is 1.16. The first kappa shape index (κ1) is 7.21. The second-order valence-corrected chi connectivity index (χ2v) is 2.44. The summed E-state index contributed by atoms with van der Waals surface area (Å²) in [6.07, 6.45) is 4.37. The lowest BCUT2D eigenvalue weighted by atomic mass is 10.3. The molecule has 4 heteroatoms. The van der Waals surface area contributed by atoms with Crippen molar-refractivity contribution in [3.63, 3.8) is 0 Å². The molecule has 0 fully saturated rings. The Morgan fingerprint density at radius 1 is 1.33 bits per heavy atom. The number of fused-ring (bicyclic) bond motifs is 1. The van der Waals surface area contributed by atoms with Gasteiger partial charge in [0.25, 0.3) is 0 Å². The highest BCUT2D eigenvalue weighted by Crippen LogP contribution is 2.20. The largest absolute Gasteiger partial charge is 0.319 e. The molecule has 0 aliphatic heterocycles. The molecule has 0 aliphatic rings. The monoisotopic (exact) mass is 168 g/mol. The van der Waals surface area contributed by atoms with E-state index in [4.69, 9.17) is 0 Å². The van der Waals surface area contributed by atoms with Gasteiger partial charge in [0.15, 0.2) is 0 Å². The number of hydrogen-bond acceptors (Lipinski definition) is 1. The van der Waals surface area contributed by atoms with E-state index in [1.807, 2.05) is 0 Å². The smallest absolute Gasteiger partial charge is 0.290 e. The fourth-order valence-electron chi connectivity index (χ4n) is 1.16. The predicted octanol–water partition coefficient (Wildman–Crippen LogP) is 2.43. The number of nitrogens with zero attached hydrogens (tertiary/aromatic N) is 2. The van der Waals surface area contributed by atoms with Crippen LogP contribution in [0, 0.1) is 0 Å². The zero-order chi connectivity index (χ0) is 8.55. The van der Waals surface area contributed by atoms with Crippen molar-refractivity contribution in [2.45, 2.75) is 6.55 Å². The van der Waals surface area contributed by atoms with Crippen LogP contribution in [0.15, 0.2) is 30.7 Å². The Balaban J connectivity index is 2.70. The van der Waals surface area contributed by atoms with E-state index in [-0.39, 0.29) is 0 Å². The predicted molar refractivity (Wildman–Crippen MR) is 41.0 cm³/mol. The summed E-state index contributed by atoms with van der Waals surface area (Å²) in [7, 11) is 0. The van der Waals surface area contributed by atoms with E-state index >= 15 is 0 Å². The molecule has 0 spiro atoms. The third-order valence-corrected chi connectivity index (χ3v) is 1.74. The highest BCUT2D eigenvalue weighted by Gasteiger charge is 2.07. The quantitative estimate of drug-likeness (QED) is 0.639. The summed E-state index contributed by atoms with van der Waals surface area (Å²) in [6, 6.07) is 3.34. The van der Waals surface area contributed by atoms with E-state index in [9.17, 15) is 8.78 Å². The Bertz CT molecular complexity index is 395. The number of alkyl halides is 2. The van der Waals surface area contributed by atoms with E-state index < -0.39 is 6.55 Å². The van der Waals surface area contributed by atoms with Gasteiger partial charge in [0, 0.05) is 17.8 Å². The molecule has 2 heterocycles. The van der Waals surface area contributed by atoms with Crippen molar-refractivity contribution in [1.29, 1.82) is 0 Å². The van der Waals surface area contributed by atoms with Gasteiger partial charge >= 0.3 is 6.55 Å². The molecule has 0 aromatic carbocycles. The molecule has 2 rings (SSSR count). The zero-order valence-corrected chi connectivity index (χ0v) is 6.11. The van der Waals surface area contributed by atoms with Crippen molar-refractivity contribution >= 4 is 10.9 Å². The Kier molecular flexibility index (Phi) is 1.53. The van der Waals surface area contributed by atoms with Crippen molar-refractivity contribution in [2.75, 3.05) is 0 Å². The lowest BCUT2D eigenvalue weighted by molar-refractivity contribution is 0.0752. The Hall–Kier alpha value is -1.45. The number of halogens is 2. The normalized spacial score (nSPS) is 11.2. The average Bonchev–Trinajstić information content (AvgIpc) is 2.47. The summed E-state index contributed by atoms with van der Waals surface area (Å²) >= 11 is 0. The Morgan fingerprint density at radius 3 is 2.92 bits per heavy atom. The van der Waals surface area contributed by atoms with E-state index in [0.29, 0.717) is 5.52 Å². The zero-order valence-electron chi connectivity index (χ0n) is 6.11. The molecular weight excluding hydrogens is 162 g/mol. The van der Waals surface area contributed by atoms with Crippen molar-refractivity contribution < 1.29 is 8.78 Å². The maximum absolute atomic E-state index is 12.3. The lowest BCUT2D eigenvalue weighted by Crippen LogP contribution is -1.94. The van der Waals surface area contributed by atoms with Gasteiger partial charge in [-0.1, -0.05) is 0 Å². The Morgan fingerprint density at radius 2 is 2.17 bits per heavy atom. The van der Waals surface area contributed by atoms with Crippen LogP contribution in [-0.2, 0) is 0 Å². The molecule has 0 N–H and O–H groups in total. The van der Waals surface area contributed by atoms with E-state index in [2.05, 4.69) is 4.98 Å². The van der Waals surface area contributed by atoms with Crippen LogP contribution in [0.5, 0.6) is 0 Å². The first-order valence-electron chi connectivity index (χ1n) is 3.48. The van der Waals surface area contributed by atoms with Gasteiger partial charge in [-0.2, -0.15) is 8.78 Å². The fraction of sp³-hybridized carbons (Fsp3) is 0.125. The summed E-state index contributed by atoms with van der Waals surface area (Å²) in [5, 5.41) is 0.783. The molecule has 0 amide bonds. The highest BCUT2D eigenvalue weighted by atomic mass is 19.3. The molecule has 0 unspecified atom stereocenters. The van der Waals surface area contributed by atoms with Gasteiger partial charge in [-0.05, 0) is 12.1 Å². The average molecular weight is 168 g/mol. The number of rotatable bonds is 1. The van der Waals surface area contributed by atoms with Crippen LogP contribution in [-0.4, -0.2) is 9.55 Å². The van der Waals surface area contributed by atoms with E-state index in [1.54, 1.807) is 18.3 Å². The molecule has 62 valence electrons. The van der Waals surface area contributed by atoms with Gasteiger partial charge in [0.1, 0.15) is 0 Å². The Labute approximate surface area is 67.4 Å². The molecule has 2 aromatic heterocycles. The van der Waals surface area contributed by atoms with Gasteiger partial charge < -0.3 is 0 Å². The van der Waals surface area contributed by atoms with Gasteiger partial charge in [-0.25, -0.2) is 0 Å². The van der Waals surface area contributed by atoms with Crippen LogP contribution in [0.1, 0.15) is 6.55 Å². The molecule has 0 saturated heterocycles. The molecule has 0 bridgehead atoms. The molecule has 0 saturated carbocycles. The third kappa shape index (κ3) is 0.958. The van der Waals surface area contributed by atoms with Crippen LogP contribution in [0.3, 0.4) is 0 Å². The van der Waals surface area contributed by atoms with Gasteiger partial charge in [0.2, 0.25) is 0 Å². The second-order valence-electron chi connectivity index (χ2n) is 2.44. The highest BCUT2D eigenvalue weighted by molar-refractivity contribution is 5.78. The van der Waals surface area contributed by atoms with E-state index in [0.717, 1.165) is 9.95 Å². The molecule has 2 aromatic rings. The van der Waals surface area contributed by atoms with Gasteiger partial charge in [-0.15, -0.1) is 0 Å². The minimum atomic E-state index is -2.49. The van der Waals surface area contributed by atoms with Crippen LogP contribution in [0.2, 0.25) is 0 Å². The summed E-state index contributed by atoms with van der Waals surface area (Å²) < 4.78 is 25.4. The minimum absolute atomic E-state index is 0.465. The first-order valence-corrected chi connectivity index (χ1v) is 3.48. The van der Waals surface area contributed by atoms with Crippen molar-refractivity contribution in [1.82, 2.24) is 9.55 Å². The summed E-state index contributed by atoms with van der Waals surface area (Å²) in [6.45, 7) is -2.49. The number of aromatic nitrogens is 2. The number of pyridine rings is 1. The topological polar surface area (TPSA) is 17.8 Å². The number of hydrogen-bond donors (Lipinski definition) is 0. The maximum Gasteiger partial charge on any atom is 0.319 e. The molecule has 2 nitrogen and oxygen atoms in total. The maximum atomic E-state index is 12.3. The van der Waals surface area contributed by atoms with E-state index in [1.165, 1.54) is 12.4 Å². The van der Waals surface area contributed by atoms with Gasteiger partial charge in [0.05, 0.1) is 11.7 Å². The molecule has 0 radical (unpaired) electrons. The van der Waals surface area contributed by atoms with Crippen molar-refractivity contribution in [2.24, 2.45) is 0 Å². The second kappa shape index (κ2) is 2.55. The summed E-state index contributed by atoms with van der Waals surface area (Å²) in [4.78, 5) is 3.77. The summed E-state index contributed by atoms with van der Waals surface area (Å²) in [5.41, 5.74) is 0.465. The summed E-state index contributed by atoms with van der Waals surface area (Å²) in [5.74, 6) is 0. The standard InChI is InChI=1S/C8H6F2N2/c9-8(10)12-4-2-6-1-3-11-5-7(6)12/h1-5,8H. The van der Waals surface area contributed by atoms with Gasteiger partial charge in [-0.3, -0.25) is 9.55 Å². The van der Waals surface area contributed by atoms with Crippen LogP contribution in [0.4, 0.5) is 8.78 Å². The first-order chi connectivity index (χ1) is 5.79. The molecular formula is C8H6F2N2. The third-order valence-electron chi connectivity index (χ3n) is 1.74. The minimum Gasteiger partial charge on any atom is -0.290 e. The SMILES string of the molecule is FC(F)n1ccc2ccncc21. The molecule has 0 atom stereocenters. The van der Waals surface area contributed by atoms with Crippen molar-refractivity contribution in [3.05, 3.63) is 30.7 Å². The van der Waals surface area contributed by atoms with Crippen LogP contribution >= 0.6 is 0 Å². The van der Waals surface area contributed by atoms with Crippen LogP contribution in [0.25, 0.3) is 10.9 Å². The molecule has 0 aliphatic carbocycles.